The average molecular weight is 308 g/mol. The number of nitrogens with zero attached hydrogens (tertiary/aromatic N) is 1. The highest BCUT2D eigenvalue weighted by molar-refractivity contribution is 9.10. The van der Waals surface area contributed by atoms with E-state index in [4.69, 9.17) is 4.74 Å². The summed E-state index contributed by atoms with van der Waals surface area (Å²) in [5.74, 6) is 1.29. The smallest absolute Gasteiger partial charge is 0.219 e. The van der Waals surface area contributed by atoms with Crippen LogP contribution in [0.5, 0.6) is 11.6 Å². The Morgan fingerprint density at radius 2 is 2.06 bits per heavy atom. The number of aryl methyl sites for hydroxylation is 1. The van der Waals surface area contributed by atoms with Gasteiger partial charge in [0, 0.05) is 16.7 Å². The Morgan fingerprint density at radius 3 is 2.61 bits per heavy atom. The summed E-state index contributed by atoms with van der Waals surface area (Å²) < 4.78 is 6.70. The van der Waals surface area contributed by atoms with Crippen LogP contribution in [-0.2, 0) is 0 Å². The van der Waals surface area contributed by atoms with E-state index >= 15 is 0 Å². The Kier molecular flexibility index (Phi) is 3.99. The number of aliphatic hydroxyl groups is 1. The van der Waals surface area contributed by atoms with Gasteiger partial charge in [-0.25, -0.2) is 4.98 Å². The van der Waals surface area contributed by atoms with Crippen molar-refractivity contribution in [1.82, 2.24) is 4.98 Å². The number of rotatable bonds is 3. The summed E-state index contributed by atoms with van der Waals surface area (Å²) in [6.45, 7) is 3.68. The molecular formula is C14H14BrNO2. The quantitative estimate of drug-likeness (QED) is 0.932. The van der Waals surface area contributed by atoms with Crippen molar-refractivity contribution >= 4 is 15.9 Å². The van der Waals surface area contributed by atoms with Crippen LogP contribution in [0.1, 0.15) is 24.2 Å². The van der Waals surface area contributed by atoms with E-state index in [0.717, 1.165) is 21.3 Å². The van der Waals surface area contributed by atoms with Gasteiger partial charge in [0.2, 0.25) is 5.88 Å². The van der Waals surface area contributed by atoms with E-state index < -0.39 is 6.10 Å². The van der Waals surface area contributed by atoms with Crippen LogP contribution < -0.4 is 4.74 Å². The van der Waals surface area contributed by atoms with Crippen molar-refractivity contribution in [1.29, 1.82) is 0 Å². The lowest BCUT2D eigenvalue weighted by molar-refractivity contribution is 0.198. The van der Waals surface area contributed by atoms with Gasteiger partial charge in [0.1, 0.15) is 5.75 Å². The third kappa shape index (κ3) is 3.09. The van der Waals surface area contributed by atoms with Gasteiger partial charge in [0.25, 0.3) is 0 Å². The summed E-state index contributed by atoms with van der Waals surface area (Å²) in [6, 6.07) is 9.36. The monoisotopic (exact) mass is 307 g/mol. The standard InChI is InChI=1S/C14H14BrNO2/c1-9-7-12(15)4-5-13(9)18-14-6-3-11(8-16-14)10(2)17/h3-8,10,17H,1-2H3/t10-/m1/s1. The number of benzene rings is 1. The molecule has 0 unspecified atom stereocenters. The van der Waals surface area contributed by atoms with E-state index in [1.54, 1.807) is 25.3 Å². The van der Waals surface area contributed by atoms with Crippen molar-refractivity contribution in [2.75, 3.05) is 0 Å². The van der Waals surface area contributed by atoms with Crippen LogP contribution in [0.3, 0.4) is 0 Å². The molecule has 1 N–H and O–H groups in total. The molecule has 18 heavy (non-hydrogen) atoms. The van der Waals surface area contributed by atoms with E-state index in [2.05, 4.69) is 20.9 Å². The van der Waals surface area contributed by atoms with Crippen LogP contribution in [0.15, 0.2) is 41.0 Å². The fourth-order valence-corrected chi connectivity index (χ4v) is 2.01. The zero-order valence-electron chi connectivity index (χ0n) is 10.2. The highest BCUT2D eigenvalue weighted by Gasteiger charge is 2.05. The van der Waals surface area contributed by atoms with Crippen molar-refractivity contribution < 1.29 is 9.84 Å². The third-order valence-corrected chi connectivity index (χ3v) is 3.09. The van der Waals surface area contributed by atoms with Gasteiger partial charge in [-0.2, -0.15) is 0 Å². The SMILES string of the molecule is Cc1cc(Br)ccc1Oc1ccc([C@@H](C)O)cn1. The maximum atomic E-state index is 9.39. The van der Waals surface area contributed by atoms with Crippen LogP contribution in [-0.4, -0.2) is 10.1 Å². The lowest BCUT2D eigenvalue weighted by Crippen LogP contribution is -1.94. The summed E-state index contributed by atoms with van der Waals surface area (Å²) in [5.41, 5.74) is 1.81. The minimum absolute atomic E-state index is 0.513. The van der Waals surface area contributed by atoms with E-state index in [9.17, 15) is 5.11 Å². The number of hydrogen-bond acceptors (Lipinski definition) is 3. The lowest BCUT2D eigenvalue weighted by Gasteiger charge is -2.09. The van der Waals surface area contributed by atoms with Crippen LogP contribution in [0, 0.1) is 6.92 Å². The Hall–Kier alpha value is -1.39. The molecule has 0 amide bonds. The first-order chi connectivity index (χ1) is 8.56. The summed E-state index contributed by atoms with van der Waals surface area (Å²) in [6.07, 6.45) is 1.11. The first-order valence-electron chi connectivity index (χ1n) is 5.64. The molecule has 0 radical (unpaired) electrons. The molecule has 0 aliphatic carbocycles. The zero-order chi connectivity index (χ0) is 13.1. The van der Waals surface area contributed by atoms with Crippen molar-refractivity contribution in [2.24, 2.45) is 0 Å². The molecule has 1 aromatic heterocycles. The Balaban J connectivity index is 2.18. The molecule has 94 valence electrons. The van der Waals surface area contributed by atoms with Gasteiger partial charge in [-0.05, 0) is 49.2 Å². The molecule has 3 nitrogen and oxygen atoms in total. The number of ether oxygens (including phenoxy) is 1. The van der Waals surface area contributed by atoms with Crippen molar-refractivity contribution in [2.45, 2.75) is 20.0 Å². The van der Waals surface area contributed by atoms with Gasteiger partial charge >= 0.3 is 0 Å². The number of aromatic nitrogens is 1. The highest BCUT2D eigenvalue weighted by Crippen LogP contribution is 2.26. The topological polar surface area (TPSA) is 42.4 Å². The third-order valence-electron chi connectivity index (χ3n) is 2.59. The predicted molar refractivity (Wildman–Crippen MR) is 73.8 cm³/mol. The van der Waals surface area contributed by atoms with Crippen LogP contribution in [0.4, 0.5) is 0 Å². The minimum atomic E-state index is -0.513. The molecule has 0 aliphatic heterocycles. The molecule has 1 aromatic carbocycles. The molecule has 4 heteroatoms. The van der Waals surface area contributed by atoms with Crippen LogP contribution in [0.2, 0.25) is 0 Å². The van der Waals surface area contributed by atoms with Gasteiger partial charge < -0.3 is 9.84 Å². The Morgan fingerprint density at radius 1 is 1.28 bits per heavy atom. The predicted octanol–water partition coefficient (Wildman–Crippen LogP) is 4.00. The number of aliphatic hydroxyl groups excluding tert-OH is 1. The van der Waals surface area contributed by atoms with Gasteiger partial charge in [-0.3, -0.25) is 0 Å². The van der Waals surface area contributed by atoms with Crippen LogP contribution in [0.25, 0.3) is 0 Å². The molecule has 0 aliphatic rings. The van der Waals surface area contributed by atoms with E-state index in [1.807, 2.05) is 25.1 Å². The Labute approximate surface area is 115 Å². The minimum Gasteiger partial charge on any atom is -0.439 e. The number of pyridine rings is 1. The number of halogens is 1. The molecule has 0 saturated carbocycles. The maximum absolute atomic E-state index is 9.39. The second kappa shape index (κ2) is 5.50. The summed E-state index contributed by atoms with van der Waals surface area (Å²) in [5, 5.41) is 9.39. The maximum Gasteiger partial charge on any atom is 0.219 e. The Bertz CT molecular complexity index is 538. The molecule has 1 heterocycles. The molecule has 2 aromatic rings. The first kappa shape index (κ1) is 13.1. The van der Waals surface area contributed by atoms with E-state index in [1.165, 1.54) is 0 Å². The summed E-state index contributed by atoms with van der Waals surface area (Å²) in [7, 11) is 0. The normalized spacial score (nSPS) is 12.2. The molecule has 2 rings (SSSR count). The van der Waals surface area contributed by atoms with Crippen molar-refractivity contribution in [3.8, 4) is 11.6 Å². The molecular weight excluding hydrogens is 294 g/mol. The van der Waals surface area contributed by atoms with Gasteiger partial charge in [-0.15, -0.1) is 0 Å². The van der Waals surface area contributed by atoms with E-state index in [-0.39, 0.29) is 0 Å². The summed E-state index contributed by atoms with van der Waals surface area (Å²) >= 11 is 3.41. The molecule has 0 fully saturated rings. The zero-order valence-corrected chi connectivity index (χ0v) is 11.8. The van der Waals surface area contributed by atoms with Gasteiger partial charge in [0.15, 0.2) is 0 Å². The average Bonchev–Trinajstić information content (AvgIpc) is 2.33. The highest BCUT2D eigenvalue weighted by atomic mass is 79.9. The molecule has 0 bridgehead atoms. The molecule has 1 atom stereocenters. The van der Waals surface area contributed by atoms with Crippen molar-refractivity contribution in [3.05, 3.63) is 52.1 Å². The summed E-state index contributed by atoms with van der Waals surface area (Å²) in [4.78, 5) is 4.16. The van der Waals surface area contributed by atoms with Gasteiger partial charge in [0.05, 0.1) is 6.10 Å². The van der Waals surface area contributed by atoms with Crippen LogP contribution >= 0.6 is 15.9 Å². The van der Waals surface area contributed by atoms with E-state index in [0.29, 0.717) is 5.88 Å². The lowest BCUT2D eigenvalue weighted by atomic mass is 10.2. The largest absolute Gasteiger partial charge is 0.439 e. The van der Waals surface area contributed by atoms with Crippen molar-refractivity contribution in [3.63, 3.8) is 0 Å². The van der Waals surface area contributed by atoms with Gasteiger partial charge in [-0.1, -0.05) is 15.9 Å². The second-order valence-corrected chi connectivity index (χ2v) is 5.03. The number of hydrogen-bond donors (Lipinski definition) is 1. The molecule has 0 spiro atoms. The first-order valence-corrected chi connectivity index (χ1v) is 6.43. The second-order valence-electron chi connectivity index (χ2n) is 4.12. The fraction of sp³-hybridized carbons (Fsp3) is 0.214. The molecule has 0 saturated heterocycles. The fourth-order valence-electron chi connectivity index (χ4n) is 1.54.